The molecule has 0 bridgehead atoms. The smallest absolute Gasteiger partial charge is 0.0705 e. The fourth-order valence-electron chi connectivity index (χ4n) is 1.70. The molecule has 2 aromatic heterocycles. The highest BCUT2D eigenvalue weighted by Gasteiger charge is 2.05. The molecule has 0 unspecified atom stereocenters. The zero-order chi connectivity index (χ0) is 11.1. The third-order valence-corrected chi connectivity index (χ3v) is 4.31. The lowest BCUT2D eigenvalue weighted by molar-refractivity contribution is 1.48. The fraction of sp³-hybridized carbons (Fsp3) is 0. The van der Waals surface area contributed by atoms with Crippen LogP contribution in [0.5, 0.6) is 0 Å². The first-order valence-corrected chi connectivity index (χ1v) is 6.75. The largest absolute Gasteiger partial charge is 0.354 e. The Bertz CT molecular complexity index is 656. The van der Waals surface area contributed by atoms with E-state index in [-0.39, 0.29) is 0 Å². The van der Waals surface area contributed by atoms with Gasteiger partial charge in [-0.1, -0.05) is 11.6 Å². The Morgan fingerprint density at radius 2 is 2.00 bits per heavy atom. The molecule has 0 amide bonds. The van der Waals surface area contributed by atoms with E-state index in [1.165, 1.54) is 4.88 Å². The monoisotopic (exact) mass is 311 g/mol. The molecule has 1 aromatic carbocycles. The van der Waals surface area contributed by atoms with E-state index in [1.807, 2.05) is 18.2 Å². The second-order valence-electron chi connectivity index (χ2n) is 3.52. The molecule has 0 spiro atoms. The van der Waals surface area contributed by atoms with Crippen molar-refractivity contribution in [1.82, 2.24) is 4.98 Å². The number of thiophene rings is 1. The summed E-state index contributed by atoms with van der Waals surface area (Å²) in [5.41, 5.74) is 2.25. The highest BCUT2D eigenvalue weighted by Crippen LogP contribution is 2.33. The minimum Gasteiger partial charge on any atom is -0.354 e. The molecule has 16 heavy (non-hydrogen) atoms. The van der Waals surface area contributed by atoms with E-state index in [0.29, 0.717) is 0 Å². The fourth-order valence-corrected chi connectivity index (χ4v) is 3.23. The van der Waals surface area contributed by atoms with Gasteiger partial charge in [0.15, 0.2) is 0 Å². The summed E-state index contributed by atoms with van der Waals surface area (Å²) in [5, 5.41) is 1.91. The number of fused-ring (bicyclic) bond motifs is 1. The summed E-state index contributed by atoms with van der Waals surface area (Å²) >= 11 is 11.1. The van der Waals surface area contributed by atoms with Gasteiger partial charge in [-0.25, -0.2) is 0 Å². The summed E-state index contributed by atoms with van der Waals surface area (Å²) in [4.78, 5) is 4.60. The van der Waals surface area contributed by atoms with Crippen molar-refractivity contribution in [3.05, 3.63) is 45.2 Å². The Morgan fingerprint density at radius 1 is 1.12 bits per heavy atom. The first-order valence-electron chi connectivity index (χ1n) is 4.76. The molecule has 0 aliphatic carbocycles. The summed E-state index contributed by atoms with van der Waals surface area (Å²) < 4.78 is 1.14. The van der Waals surface area contributed by atoms with Crippen LogP contribution in [0.4, 0.5) is 0 Å². The zero-order valence-electron chi connectivity index (χ0n) is 8.13. The van der Waals surface area contributed by atoms with Gasteiger partial charge in [-0.15, -0.1) is 11.3 Å². The number of aromatic amines is 1. The van der Waals surface area contributed by atoms with Gasteiger partial charge in [-0.2, -0.15) is 0 Å². The third kappa shape index (κ3) is 1.79. The Labute approximate surface area is 110 Å². The van der Waals surface area contributed by atoms with Crippen LogP contribution in [0.25, 0.3) is 21.5 Å². The molecule has 0 saturated carbocycles. The van der Waals surface area contributed by atoms with Crippen molar-refractivity contribution in [2.45, 2.75) is 0 Å². The van der Waals surface area contributed by atoms with Gasteiger partial charge < -0.3 is 4.98 Å². The molecule has 0 atom stereocenters. The Kier molecular flexibility index (Phi) is 2.54. The quantitative estimate of drug-likeness (QED) is 0.626. The molecule has 0 aliphatic rings. The van der Waals surface area contributed by atoms with E-state index in [4.69, 9.17) is 11.6 Å². The first-order chi connectivity index (χ1) is 7.72. The van der Waals surface area contributed by atoms with Crippen LogP contribution in [0.3, 0.4) is 0 Å². The summed E-state index contributed by atoms with van der Waals surface area (Å²) in [7, 11) is 0. The van der Waals surface area contributed by atoms with Crippen molar-refractivity contribution in [1.29, 1.82) is 0 Å². The van der Waals surface area contributed by atoms with Crippen molar-refractivity contribution in [3.63, 3.8) is 0 Å². The van der Waals surface area contributed by atoms with E-state index < -0.39 is 0 Å². The predicted molar refractivity (Wildman–Crippen MR) is 74.3 cm³/mol. The second-order valence-corrected chi connectivity index (χ2v) is 6.42. The number of nitrogens with one attached hydrogen (secondary N) is 1. The molecular weight excluding hydrogens is 306 g/mol. The molecular formula is C12H7BrClNS. The summed E-state index contributed by atoms with van der Waals surface area (Å²) in [6, 6.07) is 12.1. The molecule has 1 nitrogen and oxygen atoms in total. The maximum absolute atomic E-state index is 5.96. The molecule has 0 saturated heterocycles. The van der Waals surface area contributed by atoms with Gasteiger partial charge in [-0.05, 0) is 52.3 Å². The lowest BCUT2D eigenvalue weighted by atomic mass is 10.2. The molecule has 4 heteroatoms. The number of rotatable bonds is 1. The third-order valence-electron chi connectivity index (χ3n) is 2.42. The van der Waals surface area contributed by atoms with Gasteiger partial charge in [-0.3, -0.25) is 0 Å². The van der Waals surface area contributed by atoms with Crippen LogP contribution >= 0.6 is 38.9 Å². The molecule has 1 N–H and O–H groups in total. The van der Waals surface area contributed by atoms with E-state index in [1.54, 1.807) is 11.3 Å². The van der Waals surface area contributed by atoms with E-state index >= 15 is 0 Å². The average Bonchev–Trinajstić information content (AvgIpc) is 2.83. The molecule has 0 aliphatic heterocycles. The lowest BCUT2D eigenvalue weighted by Crippen LogP contribution is -1.69. The van der Waals surface area contributed by atoms with Crippen molar-refractivity contribution in [2.24, 2.45) is 0 Å². The highest BCUT2D eigenvalue weighted by molar-refractivity contribution is 9.11. The van der Waals surface area contributed by atoms with Crippen LogP contribution in [0.2, 0.25) is 5.02 Å². The summed E-state index contributed by atoms with van der Waals surface area (Å²) in [6.07, 6.45) is 0. The van der Waals surface area contributed by atoms with Crippen LogP contribution in [0, 0.1) is 0 Å². The number of halogens is 2. The second kappa shape index (κ2) is 3.91. The average molecular weight is 313 g/mol. The standard InChI is InChI=1S/C12H7BrClNS/c13-12-4-3-11(16-12)10-6-7-5-8(14)1-2-9(7)15-10/h1-6,15H. The molecule has 80 valence electrons. The number of benzene rings is 1. The van der Waals surface area contributed by atoms with Crippen LogP contribution < -0.4 is 0 Å². The van der Waals surface area contributed by atoms with Gasteiger partial charge in [0.2, 0.25) is 0 Å². The van der Waals surface area contributed by atoms with Crippen LogP contribution in [-0.2, 0) is 0 Å². The number of hydrogen-bond acceptors (Lipinski definition) is 1. The molecule has 0 fully saturated rings. The summed E-state index contributed by atoms with van der Waals surface area (Å²) in [6.45, 7) is 0. The molecule has 3 rings (SSSR count). The Balaban J connectivity index is 2.18. The number of aromatic nitrogens is 1. The Morgan fingerprint density at radius 3 is 2.75 bits per heavy atom. The van der Waals surface area contributed by atoms with Crippen molar-refractivity contribution in [3.8, 4) is 10.6 Å². The number of hydrogen-bond donors (Lipinski definition) is 1. The predicted octanol–water partition coefficient (Wildman–Crippen LogP) is 5.31. The number of H-pyrrole nitrogens is 1. The van der Waals surface area contributed by atoms with Gasteiger partial charge >= 0.3 is 0 Å². The lowest BCUT2D eigenvalue weighted by Gasteiger charge is -1.89. The van der Waals surface area contributed by atoms with E-state index in [0.717, 1.165) is 25.4 Å². The zero-order valence-corrected chi connectivity index (χ0v) is 11.3. The first kappa shape index (κ1) is 10.4. The minimum atomic E-state index is 0.769. The maximum atomic E-state index is 5.96. The van der Waals surface area contributed by atoms with Gasteiger partial charge in [0.1, 0.15) is 0 Å². The van der Waals surface area contributed by atoms with Gasteiger partial charge in [0.25, 0.3) is 0 Å². The minimum absolute atomic E-state index is 0.769. The molecule has 0 radical (unpaired) electrons. The summed E-state index contributed by atoms with van der Waals surface area (Å²) in [5.74, 6) is 0. The highest BCUT2D eigenvalue weighted by atomic mass is 79.9. The Hall–Kier alpha value is -0.770. The molecule has 3 aromatic rings. The van der Waals surface area contributed by atoms with Gasteiger partial charge in [0, 0.05) is 15.9 Å². The van der Waals surface area contributed by atoms with Crippen molar-refractivity contribution >= 4 is 49.8 Å². The van der Waals surface area contributed by atoms with Crippen LogP contribution in [0.1, 0.15) is 0 Å². The van der Waals surface area contributed by atoms with E-state index in [9.17, 15) is 0 Å². The molecule has 2 heterocycles. The topological polar surface area (TPSA) is 15.8 Å². The van der Waals surface area contributed by atoms with Crippen molar-refractivity contribution in [2.75, 3.05) is 0 Å². The van der Waals surface area contributed by atoms with Crippen molar-refractivity contribution < 1.29 is 0 Å². The maximum Gasteiger partial charge on any atom is 0.0705 e. The van der Waals surface area contributed by atoms with Crippen LogP contribution in [-0.4, -0.2) is 4.98 Å². The van der Waals surface area contributed by atoms with Gasteiger partial charge in [0.05, 0.1) is 14.4 Å². The van der Waals surface area contributed by atoms with Crippen LogP contribution in [0.15, 0.2) is 40.2 Å². The van der Waals surface area contributed by atoms with E-state index in [2.05, 4.69) is 39.1 Å². The normalized spacial score (nSPS) is 11.1. The SMILES string of the molecule is Clc1ccc2[nH]c(-c3ccc(Br)s3)cc2c1.